The van der Waals surface area contributed by atoms with Gasteiger partial charge in [0, 0.05) is 18.4 Å². The van der Waals surface area contributed by atoms with Gasteiger partial charge in [0.25, 0.3) is 0 Å². The summed E-state index contributed by atoms with van der Waals surface area (Å²) in [5, 5.41) is 9.54. The Balaban J connectivity index is 1.30. The first-order chi connectivity index (χ1) is 15.1. The summed E-state index contributed by atoms with van der Waals surface area (Å²) in [6.07, 6.45) is 6.99. The number of rotatable bonds is 8. The van der Waals surface area contributed by atoms with Crippen molar-refractivity contribution in [3.05, 3.63) is 99.6 Å². The van der Waals surface area contributed by atoms with Crippen LogP contribution >= 0.6 is 0 Å². The lowest BCUT2D eigenvalue weighted by atomic mass is 10.0. The fraction of sp³-hybridized carbons (Fsp3) is 0.200. The van der Waals surface area contributed by atoms with Crippen LogP contribution in [0.4, 0.5) is 0 Å². The van der Waals surface area contributed by atoms with Crippen LogP contribution in [-0.2, 0) is 19.3 Å². The second kappa shape index (κ2) is 9.34. The van der Waals surface area contributed by atoms with Crippen molar-refractivity contribution < 1.29 is 13.9 Å². The van der Waals surface area contributed by atoms with Gasteiger partial charge < -0.3 is 13.9 Å². The topological polar surface area (TPSA) is 92.3 Å². The van der Waals surface area contributed by atoms with Gasteiger partial charge in [0.15, 0.2) is 5.76 Å². The molecule has 0 aliphatic carbocycles. The molecule has 4 rings (SSSR count). The summed E-state index contributed by atoms with van der Waals surface area (Å²) in [5.41, 5.74) is 4.22. The van der Waals surface area contributed by atoms with Gasteiger partial charge in [0.1, 0.15) is 5.76 Å². The van der Waals surface area contributed by atoms with Gasteiger partial charge in [0.05, 0.1) is 5.69 Å². The van der Waals surface area contributed by atoms with Crippen LogP contribution in [0.15, 0.2) is 74.3 Å². The number of aromatic nitrogens is 2. The monoisotopic (exact) mass is 416 g/mol. The molecule has 0 fully saturated rings. The highest BCUT2D eigenvalue weighted by Gasteiger charge is 2.10. The molecule has 2 aromatic heterocycles. The molecule has 6 nitrogen and oxygen atoms in total. The van der Waals surface area contributed by atoms with Crippen LogP contribution < -0.4 is 5.76 Å². The highest BCUT2D eigenvalue weighted by molar-refractivity contribution is 5.54. The van der Waals surface area contributed by atoms with Crippen LogP contribution in [0.2, 0.25) is 0 Å². The lowest BCUT2D eigenvalue weighted by molar-refractivity contribution is 0.417. The first-order valence-electron chi connectivity index (χ1n) is 10.3. The number of oxazole rings is 2. The third-order valence-electron chi connectivity index (χ3n) is 5.08. The van der Waals surface area contributed by atoms with E-state index in [1.165, 1.54) is 5.56 Å². The predicted molar refractivity (Wildman–Crippen MR) is 119 cm³/mol. The minimum atomic E-state index is -0.624. The number of aromatic amines is 1. The van der Waals surface area contributed by atoms with Gasteiger partial charge in [-0.05, 0) is 43.0 Å². The van der Waals surface area contributed by atoms with Gasteiger partial charge in [-0.2, -0.15) is 0 Å². The van der Waals surface area contributed by atoms with Gasteiger partial charge in [0.2, 0.25) is 11.8 Å². The van der Waals surface area contributed by atoms with Crippen molar-refractivity contribution in [2.75, 3.05) is 0 Å². The number of benzene rings is 2. The second-order valence-corrected chi connectivity index (χ2v) is 7.38. The molecule has 0 saturated carbocycles. The van der Waals surface area contributed by atoms with Crippen molar-refractivity contribution >= 4 is 6.08 Å². The van der Waals surface area contributed by atoms with E-state index in [2.05, 4.69) is 46.4 Å². The molecule has 0 bridgehead atoms. The SMILES string of the molecule is Cc1oc(-c2ccccc2)nc1CC=Cc1ccc(CCCc2oc(=O)[nH]c2O)cc1. The molecule has 0 unspecified atom stereocenters. The van der Waals surface area contributed by atoms with E-state index in [0.29, 0.717) is 24.5 Å². The Hall–Kier alpha value is -3.80. The molecular formula is C25H24N2O4. The molecule has 6 heteroatoms. The Morgan fingerprint density at radius 1 is 1.03 bits per heavy atom. The molecule has 31 heavy (non-hydrogen) atoms. The number of aryl methyl sites for hydroxylation is 3. The van der Waals surface area contributed by atoms with Crippen LogP contribution in [0, 0.1) is 6.92 Å². The Bertz CT molecular complexity index is 1210. The molecular weight excluding hydrogens is 392 g/mol. The van der Waals surface area contributed by atoms with E-state index in [1.807, 2.05) is 37.3 Å². The summed E-state index contributed by atoms with van der Waals surface area (Å²) in [5.74, 6) is 0.994. The largest absolute Gasteiger partial charge is 0.492 e. The van der Waals surface area contributed by atoms with E-state index in [9.17, 15) is 9.90 Å². The predicted octanol–water partition coefficient (Wildman–Crippen LogP) is 5.07. The first-order valence-corrected chi connectivity index (χ1v) is 10.3. The number of hydrogen-bond donors (Lipinski definition) is 2. The number of aromatic hydroxyl groups is 1. The van der Waals surface area contributed by atoms with Crippen molar-refractivity contribution in [2.45, 2.75) is 32.6 Å². The standard InChI is InChI=1S/C25H24N2O4/c1-17-21(26-24(30-17)20-9-3-2-4-10-20)11-5-7-18-13-15-19(16-14-18)8-6-12-22-23(28)27-25(29)31-22/h2-5,7,9-10,13-16,28H,6,8,11-12H2,1H3,(H,27,29). The van der Waals surface area contributed by atoms with Crippen LogP contribution in [0.3, 0.4) is 0 Å². The summed E-state index contributed by atoms with van der Waals surface area (Å²) < 4.78 is 10.7. The van der Waals surface area contributed by atoms with Crippen LogP contribution in [0.25, 0.3) is 17.5 Å². The maximum Gasteiger partial charge on any atom is 0.419 e. The van der Waals surface area contributed by atoms with Gasteiger partial charge in [-0.1, -0.05) is 54.6 Å². The first kappa shape index (κ1) is 20.5. The van der Waals surface area contributed by atoms with E-state index in [1.54, 1.807) is 0 Å². The van der Waals surface area contributed by atoms with E-state index in [0.717, 1.165) is 35.4 Å². The third-order valence-corrected chi connectivity index (χ3v) is 5.08. The molecule has 0 aliphatic rings. The van der Waals surface area contributed by atoms with E-state index < -0.39 is 5.76 Å². The molecule has 4 aromatic rings. The summed E-state index contributed by atoms with van der Waals surface area (Å²) in [6.45, 7) is 1.94. The minimum Gasteiger partial charge on any atom is -0.492 e. The maximum atomic E-state index is 11.0. The lowest BCUT2D eigenvalue weighted by Gasteiger charge is -2.01. The third kappa shape index (κ3) is 5.22. The molecule has 0 radical (unpaired) electrons. The molecule has 0 saturated heterocycles. The minimum absolute atomic E-state index is 0.177. The fourth-order valence-electron chi connectivity index (χ4n) is 3.40. The number of H-pyrrole nitrogens is 1. The summed E-state index contributed by atoms with van der Waals surface area (Å²) in [4.78, 5) is 17.9. The quantitative estimate of drug-likeness (QED) is 0.418. The van der Waals surface area contributed by atoms with Crippen molar-refractivity contribution in [3.63, 3.8) is 0 Å². The molecule has 0 aliphatic heterocycles. The van der Waals surface area contributed by atoms with Crippen molar-refractivity contribution in [3.8, 4) is 17.3 Å². The number of allylic oxidation sites excluding steroid dienone is 1. The zero-order valence-electron chi connectivity index (χ0n) is 17.3. The van der Waals surface area contributed by atoms with Gasteiger partial charge in [-0.25, -0.2) is 9.78 Å². The van der Waals surface area contributed by atoms with Crippen LogP contribution in [-0.4, -0.2) is 15.1 Å². The number of hydrogen-bond acceptors (Lipinski definition) is 5. The average molecular weight is 416 g/mol. The molecule has 0 spiro atoms. The Kier molecular flexibility index (Phi) is 6.17. The Morgan fingerprint density at radius 3 is 2.52 bits per heavy atom. The molecule has 2 aromatic carbocycles. The summed E-state index contributed by atoms with van der Waals surface area (Å²) >= 11 is 0. The van der Waals surface area contributed by atoms with Crippen LogP contribution in [0.1, 0.15) is 34.8 Å². The van der Waals surface area contributed by atoms with E-state index in [-0.39, 0.29) is 5.88 Å². The average Bonchev–Trinajstić information content (AvgIpc) is 3.31. The second-order valence-electron chi connectivity index (χ2n) is 7.38. The Morgan fingerprint density at radius 2 is 1.81 bits per heavy atom. The van der Waals surface area contributed by atoms with Crippen molar-refractivity contribution in [1.29, 1.82) is 0 Å². The lowest BCUT2D eigenvalue weighted by Crippen LogP contribution is -1.93. The normalized spacial score (nSPS) is 11.4. The van der Waals surface area contributed by atoms with Crippen molar-refractivity contribution in [1.82, 2.24) is 9.97 Å². The smallest absolute Gasteiger partial charge is 0.419 e. The summed E-state index contributed by atoms with van der Waals surface area (Å²) in [7, 11) is 0. The highest BCUT2D eigenvalue weighted by atomic mass is 16.4. The van der Waals surface area contributed by atoms with Gasteiger partial charge in [-0.15, -0.1) is 0 Å². The van der Waals surface area contributed by atoms with E-state index in [4.69, 9.17) is 8.83 Å². The zero-order chi connectivity index (χ0) is 21.6. The number of nitrogens with zero attached hydrogens (tertiary/aromatic N) is 1. The fourth-order valence-corrected chi connectivity index (χ4v) is 3.40. The molecule has 0 amide bonds. The number of nitrogens with one attached hydrogen (secondary N) is 1. The maximum absolute atomic E-state index is 11.0. The molecule has 0 atom stereocenters. The molecule has 2 N–H and O–H groups in total. The van der Waals surface area contributed by atoms with Crippen LogP contribution in [0.5, 0.6) is 5.88 Å². The van der Waals surface area contributed by atoms with E-state index >= 15 is 0 Å². The highest BCUT2D eigenvalue weighted by Crippen LogP contribution is 2.22. The van der Waals surface area contributed by atoms with Gasteiger partial charge in [-0.3, -0.25) is 4.98 Å². The molecule has 2 heterocycles. The Labute approximate surface area is 179 Å². The molecule has 158 valence electrons. The zero-order valence-corrected chi connectivity index (χ0v) is 17.3. The van der Waals surface area contributed by atoms with Gasteiger partial charge >= 0.3 is 5.76 Å². The summed E-state index contributed by atoms with van der Waals surface area (Å²) in [6, 6.07) is 18.2. The van der Waals surface area contributed by atoms with Crippen molar-refractivity contribution in [2.24, 2.45) is 0 Å².